The molecule has 2 nitrogen and oxygen atoms in total. The van der Waals surface area contributed by atoms with E-state index in [2.05, 4.69) is 12.2 Å². The van der Waals surface area contributed by atoms with Crippen LogP contribution >= 0.6 is 0 Å². The van der Waals surface area contributed by atoms with Crippen molar-refractivity contribution in [2.45, 2.75) is 38.6 Å². The lowest BCUT2D eigenvalue weighted by atomic mass is 9.86. The molecule has 2 unspecified atom stereocenters. The van der Waals surface area contributed by atoms with Gasteiger partial charge in [0.25, 0.3) is 5.91 Å². The van der Waals surface area contributed by atoms with Gasteiger partial charge in [0, 0.05) is 11.6 Å². The van der Waals surface area contributed by atoms with Gasteiger partial charge in [-0.3, -0.25) is 4.79 Å². The molecule has 1 aromatic rings. The van der Waals surface area contributed by atoms with Gasteiger partial charge < -0.3 is 5.32 Å². The molecule has 0 radical (unpaired) electrons. The van der Waals surface area contributed by atoms with Crippen LogP contribution in [-0.2, 0) is 0 Å². The second-order valence-electron chi connectivity index (χ2n) is 4.71. The Morgan fingerprint density at radius 3 is 2.56 bits per heavy atom. The Hall–Kier alpha value is -1.31. The number of amides is 1. The molecule has 16 heavy (non-hydrogen) atoms. The van der Waals surface area contributed by atoms with Crippen LogP contribution in [0.1, 0.15) is 43.0 Å². The molecule has 1 N–H and O–H groups in total. The number of rotatable bonds is 2. The van der Waals surface area contributed by atoms with Crippen LogP contribution < -0.4 is 5.32 Å². The highest BCUT2D eigenvalue weighted by atomic mass is 16.1. The SMILES string of the molecule is CC1CCCCC1NC(=O)c1ccccc1. The van der Waals surface area contributed by atoms with Crippen LogP contribution in [0.4, 0.5) is 0 Å². The molecule has 1 amide bonds. The normalized spacial score (nSPS) is 25.1. The second-order valence-corrected chi connectivity index (χ2v) is 4.71. The predicted molar refractivity (Wildman–Crippen MR) is 65.3 cm³/mol. The van der Waals surface area contributed by atoms with E-state index in [0.29, 0.717) is 12.0 Å². The van der Waals surface area contributed by atoms with Crippen LogP contribution in [0, 0.1) is 5.92 Å². The maximum absolute atomic E-state index is 11.9. The van der Waals surface area contributed by atoms with Gasteiger partial charge in [-0.2, -0.15) is 0 Å². The molecule has 2 heteroatoms. The summed E-state index contributed by atoms with van der Waals surface area (Å²) in [6.45, 7) is 2.23. The summed E-state index contributed by atoms with van der Waals surface area (Å²) < 4.78 is 0. The Kier molecular flexibility index (Phi) is 3.60. The Morgan fingerprint density at radius 1 is 1.19 bits per heavy atom. The third-order valence-corrected chi connectivity index (χ3v) is 3.46. The minimum absolute atomic E-state index is 0.0688. The number of hydrogen-bond acceptors (Lipinski definition) is 1. The van der Waals surface area contributed by atoms with Gasteiger partial charge >= 0.3 is 0 Å². The zero-order valence-electron chi connectivity index (χ0n) is 9.78. The molecule has 1 aliphatic carbocycles. The maximum Gasteiger partial charge on any atom is 0.251 e. The molecule has 1 fully saturated rings. The van der Waals surface area contributed by atoms with E-state index in [-0.39, 0.29) is 5.91 Å². The fraction of sp³-hybridized carbons (Fsp3) is 0.500. The van der Waals surface area contributed by atoms with Crippen LogP contribution in [0.3, 0.4) is 0 Å². The summed E-state index contributed by atoms with van der Waals surface area (Å²) in [5.41, 5.74) is 0.764. The van der Waals surface area contributed by atoms with Gasteiger partial charge in [0.05, 0.1) is 0 Å². The quantitative estimate of drug-likeness (QED) is 0.810. The maximum atomic E-state index is 11.9. The molecule has 0 saturated heterocycles. The first-order chi connectivity index (χ1) is 7.77. The van der Waals surface area contributed by atoms with Crippen LogP contribution in [0.15, 0.2) is 30.3 Å². The molecule has 1 aliphatic rings. The molecule has 0 aromatic heterocycles. The Balaban J connectivity index is 1.96. The molecule has 0 heterocycles. The predicted octanol–water partition coefficient (Wildman–Crippen LogP) is 3.00. The van der Waals surface area contributed by atoms with Crippen molar-refractivity contribution in [3.8, 4) is 0 Å². The topological polar surface area (TPSA) is 29.1 Å². The number of benzene rings is 1. The monoisotopic (exact) mass is 217 g/mol. The van der Waals surface area contributed by atoms with Crippen LogP contribution in [-0.4, -0.2) is 11.9 Å². The van der Waals surface area contributed by atoms with Crippen molar-refractivity contribution in [2.24, 2.45) is 5.92 Å². The summed E-state index contributed by atoms with van der Waals surface area (Å²) in [5, 5.41) is 3.15. The largest absolute Gasteiger partial charge is 0.349 e. The second kappa shape index (κ2) is 5.15. The van der Waals surface area contributed by atoms with Gasteiger partial charge in [-0.15, -0.1) is 0 Å². The van der Waals surface area contributed by atoms with Gasteiger partial charge in [-0.05, 0) is 30.9 Å². The molecule has 2 rings (SSSR count). The van der Waals surface area contributed by atoms with E-state index in [1.54, 1.807) is 0 Å². The summed E-state index contributed by atoms with van der Waals surface area (Å²) in [5.74, 6) is 0.681. The average molecular weight is 217 g/mol. The van der Waals surface area contributed by atoms with Crippen molar-refractivity contribution >= 4 is 5.91 Å². The van der Waals surface area contributed by atoms with Crippen molar-refractivity contribution in [2.75, 3.05) is 0 Å². The highest BCUT2D eigenvalue weighted by Crippen LogP contribution is 2.23. The van der Waals surface area contributed by atoms with E-state index in [4.69, 9.17) is 0 Å². The molecule has 0 spiro atoms. The van der Waals surface area contributed by atoms with Gasteiger partial charge in [0.15, 0.2) is 0 Å². The van der Waals surface area contributed by atoms with E-state index in [0.717, 1.165) is 12.0 Å². The van der Waals surface area contributed by atoms with Gasteiger partial charge in [0.2, 0.25) is 0 Å². The van der Waals surface area contributed by atoms with E-state index < -0.39 is 0 Å². The molecular formula is C14H19NO. The lowest BCUT2D eigenvalue weighted by molar-refractivity contribution is 0.0910. The number of hydrogen-bond donors (Lipinski definition) is 1. The summed E-state index contributed by atoms with van der Waals surface area (Å²) in [4.78, 5) is 11.9. The molecule has 1 aromatic carbocycles. The Labute approximate surface area is 97.1 Å². The number of nitrogens with one attached hydrogen (secondary N) is 1. The smallest absolute Gasteiger partial charge is 0.251 e. The van der Waals surface area contributed by atoms with Crippen LogP contribution in [0.2, 0.25) is 0 Å². The number of carbonyl (C=O) groups excluding carboxylic acids is 1. The minimum atomic E-state index is 0.0688. The molecule has 2 atom stereocenters. The standard InChI is InChI=1S/C14H19NO/c1-11-7-5-6-10-13(11)15-14(16)12-8-3-2-4-9-12/h2-4,8-9,11,13H,5-7,10H2,1H3,(H,15,16). The highest BCUT2D eigenvalue weighted by molar-refractivity contribution is 5.94. The van der Waals surface area contributed by atoms with Gasteiger partial charge in [-0.1, -0.05) is 38.0 Å². The lowest BCUT2D eigenvalue weighted by Crippen LogP contribution is -2.41. The third kappa shape index (κ3) is 2.63. The summed E-state index contributed by atoms with van der Waals surface area (Å²) in [7, 11) is 0. The lowest BCUT2D eigenvalue weighted by Gasteiger charge is -2.29. The molecule has 0 bridgehead atoms. The van der Waals surface area contributed by atoms with Gasteiger partial charge in [0.1, 0.15) is 0 Å². The van der Waals surface area contributed by atoms with Gasteiger partial charge in [-0.25, -0.2) is 0 Å². The van der Waals surface area contributed by atoms with Crippen molar-refractivity contribution in [3.05, 3.63) is 35.9 Å². The van der Waals surface area contributed by atoms with Crippen LogP contribution in [0.25, 0.3) is 0 Å². The summed E-state index contributed by atoms with van der Waals surface area (Å²) in [6, 6.07) is 9.82. The molecule has 1 saturated carbocycles. The van der Waals surface area contributed by atoms with Crippen molar-refractivity contribution in [3.63, 3.8) is 0 Å². The molecule has 86 valence electrons. The summed E-state index contributed by atoms with van der Waals surface area (Å²) >= 11 is 0. The average Bonchev–Trinajstić information content (AvgIpc) is 2.33. The first kappa shape index (κ1) is 11.2. The van der Waals surface area contributed by atoms with Crippen LogP contribution in [0.5, 0.6) is 0 Å². The third-order valence-electron chi connectivity index (χ3n) is 3.46. The minimum Gasteiger partial charge on any atom is -0.349 e. The first-order valence-electron chi connectivity index (χ1n) is 6.13. The first-order valence-corrected chi connectivity index (χ1v) is 6.13. The molecule has 0 aliphatic heterocycles. The van der Waals surface area contributed by atoms with E-state index in [9.17, 15) is 4.79 Å². The van der Waals surface area contributed by atoms with E-state index >= 15 is 0 Å². The zero-order valence-corrected chi connectivity index (χ0v) is 9.78. The van der Waals surface area contributed by atoms with E-state index in [1.807, 2.05) is 30.3 Å². The van der Waals surface area contributed by atoms with E-state index in [1.165, 1.54) is 19.3 Å². The van der Waals surface area contributed by atoms with Crippen molar-refractivity contribution < 1.29 is 4.79 Å². The molecular weight excluding hydrogens is 198 g/mol. The fourth-order valence-corrected chi connectivity index (χ4v) is 2.37. The number of carbonyl (C=O) groups is 1. The van der Waals surface area contributed by atoms with Crippen molar-refractivity contribution in [1.29, 1.82) is 0 Å². The fourth-order valence-electron chi connectivity index (χ4n) is 2.37. The highest BCUT2D eigenvalue weighted by Gasteiger charge is 2.22. The Morgan fingerprint density at radius 2 is 1.88 bits per heavy atom. The zero-order chi connectivity index (χ0) is 11.4. The Bertz CT molecular complexity index is 347. The summed E-state index contributed by atoms with van der Waals surface area (Å²) in [6.07, 6.45) is 4.91. The van der Waals surface area contributed by atoms with Crippen molar-refractivity contribution in [1.82, 2.24) is 5.32 Å².